The number of carboxylic acids is 1. The Morgan fingerprint density at radius 2 is 2.10 bits per heavy atom. The Balaban J connectivity index is 2.45. The van der Waals surface area contributed by atoms with Gasteiger partial charge in [0, 0.05) is 17.9 Å². The number of carbonyl (C=O) groups is 2. The highest BCUT2D eigenvalue weighted by molar-refractivity contribution is 7.99. The van der Waals surface area contributed by atoms with Crippen LogP contribution in [-0.2, 0) is 9.59 Å². The molecular formula is C16H23NO3S. The maximum absolute atomic E-state index is 11.8. The minimum absolute atomic E-state index is 0.0286. The molecule has 0 aliphatic carbocycles. The largest absolute Gasteiger partial charge is 0.481 e. The SMILES string of the molecule is CCCCSCCC(=O)Nc1cccc(C(C)C(=O)O)c1. The summed E-state index contributed by atoms with van der Waals surface area (Å²) in [4.78, 5) is 22.8. The van der Waals surface area contributed by atoms with Crippen molar-refractivity contribution in [2.24, 2.45) is 0 Å². The average Bonchev–Trinajstić information content (AvgIpc) is 2.46. The average molecular weight is 309 g/mol. The molecule has 1 rings (SSSR count). The molecule has 1 unspecified atom stereocenters. The summed E-state index contributed by atoms with van der Waals surface area (Å²) in [5.41, 5.74) is 1.35. The van der Waals surface area contributed by atoms with Crippen LogP contribution in [0.4, 0.5) is 5.69 Å². The molecule has 5 heteroatoms. The van der Waals surface area contributed by atoms with Gasteiger partial charge in [0.25, 0.3) is 0 Å². The summed E-state index contributed by atoms with van der Waals surface area (Å²) >= 11 is 1.79. The van der Waals surface area contributed by atoms with Crippen LogP contribution in [-0.4, -0.2) is 28.5 Å². The molecule has 1 atom stereocenters. The highest BCUT2D eigenvalue weighted by Crippen LogP contribution is 2.19. The molecule has 21 heavy (non-hydrogen) atoms. The quantitative estimate of drug-likeness (QED) is 0.682. The highest BCUT2D eigenvalue weighted by atomic mass is 32.2. The van der Waals surface area contributed by atoms with Crippen LogP contribution in [0.3, 0.4) is 0 Å². The molecule has 1 amide bonds. The van der Waals surface area contributed by atoms with E-state index in [-0.39, 0.29) is 5.91 Å². The minimum atomic E-state index is -0.870. The van der Waals surface area contributed by atoms with Crippen molar-refractivity contribution in [1.29, 1.82) is 0 Å². The van der Waals surface area contributed by atoms with Crippen molar-refractivity contribution in [3.63, 3.8) is 0 Å². The van der Waals surface area contributed by atoms with Gasteiger partial charge in [0.05, 0.1) is 5.92 Å². The molecule has 1 aromatic rings. The molecule has 0 spiro atoms. The number of rotatable bonds is 9. The second kappa shape index (κ2) is 9.45. The number of amides is 1. The summed E-state index contributed by atoms with van der Waals surface area (Å²) in [6.45, 7) is 3.78. The van der Waals surface area contributed by atoms with Crippen molar-refractivity contribution in [2.45, 2.75) is 39.0 Å². The number of benzene rings is 1. The van der Waals surface area contributed by atoms with E-state index in [0.29, 0.717) is 17.7 Å². The van der Waals surface area contributed by atoms with Crippen molar-refractivity contribution in [3.05, 3.63) is 29.8 Å². The summed E-state index contributed by atoms with van der Waals surface area (Å²) in [6.07, 6.45) is 2.84. The molecule has 0 aliphatic rings. The van der Waals surface area contributed by atoms with E-state index in [2.05, 4.69) is 12.2 Å². The lowest BCUT2D eigenvalue weighted by Gasteiger charge is -2.10. The second-order valence-electron chi connectivity index (χ2n) is 4.95. The summed E-state index contributed by atoms with van der Waals surface area (Å²) in [6, 6.07) is 7.02. The number of aliphatic carboxylic acids is 1. The van der Waals surface area contributed by atoms with Gasteiger partial charge in [0.2, 0.25) is 5.91 Å². The van der Waals surface area contributed by atoms with E-state index in [1.165, 1.54) is 12.8 Å². The van der Waals surface area contributed by atoms with E-state index in [0.717, 1.165) is 11.5 Å². The Kier molecular flexibility index (Phi) is 7.90. The number of nitrogens with one attached hydrogen (secondary N) is 1. The van der Waals surface area contributed by atoms with Crippen molar-refractivity contribution in [3.8, 4) is 0 Å². The maximum atomic E-state index is 11.8. The standard InChI is InChI=1S/C16H23NO3S/c1-3-4-9-21-10-8-15(18)17-14-7-5-6-13(11-14)12(2)16(19)20/h5-7,11-12H,3-4,8-10H2,1-2H3,(H,17,18)(H,19,20). The van der Waals surface area contributed by atoms with Crippen LogP contribution in [0, 0.1) is 0 Å². The van der Waals surface area contributed by atoms with Crippen molar-refractivity contribution in [2.75, 3.05) is 16.8 Å². The van der Waals surface area contributed by atoms with Gasteiger partial charge in [-0.15, -0.1) is 0 Å². The Morgan fingerprint density at radius 3 is 2.76 bits per heavy atom. The summed E-state index contributed by atoms with van der Waals surface area (Å²) < 4.78 is 0. The number of hydrogen-bond acceptors (Lipinski definition) is 3. The lowest BCUT2D eigenvalue weighted by atomic mass is 10.0. The van der Waals surface area contributed by atoms with Gasteiger partial charge in [0.15, 0.2) is 0 Å². The second-order valence-corrected chi connectivity index (χ2v) is 6.17. The molecular weight excluding hydrogens is 286 g/mol. The minimum Gasteiger partial charge on any atom is -0.481 e. The Labute approximate surface area is 130 Å². The summed E-state index contributed by atoms with van der Waals surface area (Å²) in [5, 5.41) is 11.8. The Bertz CT molecular complexity index is 476. The summed E-state index contributed by atoms with van der Waals surface area (Å²) in [7, 11) is 0. The van der Waals surface area contributed by atoms with Crippen LogP contribution in [0.2, 0.25) is 0 Å². The molecule has 1 aromatic carbocycles. The zero-order valence-electron chi connectivity index (χ0n) is 12.6. The molecule has 0 radical (unpaired) electrons. The van der Waals surface area contributed by atoms with Gasteiger partial charge in [-0.3, -0.25) is 9.59 Å². The fraction of sp³-hybridized carbons (Fsp3) is 0.500. The fourth-order valence-corrected chi connectivity index (χ4v) is 2.79. The number of hydrogen-bond donors (Lipinski definition) is 2. The molecule has 0 fully saturated rings. The van der Waals surface area contributed by atoms with Crippen LogP contribution in [0.1, 0.15) is 44.6 Å². The van der Waals surface area contributed by atoms with E-state index in [1.54, 1.807) is 43.0 Å². The smallest absolute Gasteiger partial charge is 0.310 e. The molecule has 0 saturated heterocycles. The van der Waals surface area contributed by atoms with Crippen molar-refractivity contribution in [1.82, 2.24) is 0 Å². The van der Waals surface area contributed by atoms with Crippen LogP contribution < -0.4 is 5.32 Å². The van der Waals surface area contributed by atoms with E-state index in [4.69, 9.17) is 5.11 Å². The molecule has 0 saturated carbocycles. The molecule has 0 aromatic heterocycles. The van der Waals surface area contributed by atoms with E-state index >= 15 is 0 Å². The molecule has 4 nitrogen and oxygen atoms in total. The zero-order valence-corrected chi connectivity index (χ0v) is 13.4. The highest BCUT2D eigenvalue weighted by Gasteiger charge is 2.14. The molecule has 0 bridgehead atoms. The van der Waals surface area contributed by atoms with Crippen LogP contribution >= 0.6 is 11.8 Å². The zero-order chi connectivity index (χ0) is 15.7. The molecule has 0 heterocycles. The van der Waals surface area contributed by atoms with Gasteiger partial charge >= 0.3 is 5.97 Å². The van der Waals surface area contributed by atoms with Crippen LogP contribution in [0.25, 0.3) is 0 Å². The van der Waals surface area contributed by atoms with Crippen molar-refractivity contribution < 1.29 is 14.7 Å². The normalized spacial score (nSPS) is 11.9. The van der Waals surface area contributed by atoms with Gasteiger partial charge in [0.1, 0.15) is 0 Å². The number of carbonyl (C=O) groups excluding carboxylic acids is 1. The van der Waals surface area contributed by atoms with Gasteiger partial charge in [-0.05, 0) is 36.8 Å². The van der Waals surface area contributed by atoms with Crippen LogP contribution in [0.5, 0.6) is 0 Å². The van der Waals surface area contributed by atoms with Crippen molar-refractivity contribution >= 4 is 29.3 Å². The first-order valence-electron chi connectivity index (χ1n) is 7.25. The third-order valence-corrected chi connectivity index (χ3v) is 4.23. The van der Waals surface area contributed by atoms with Gasteiger partial charge in [-0.2, -0.15) is 11.8 Å². The summed E-state index contributed by atoms with van der Waals surface area (Å²) in [5.74, 6) is 0.434. The van der Waals surface area contributed by atoms with Gasteiger partial charge < -0.3 is 10.4 Å². The third kappa shape index (κ3) is 6.67. The van der Waals surface area contributed by atoms with E-state index in [1.807, 2.05) is 0 Å². The van der Waals surface area contributed by atoms with Gasteiger partial charge in [-0.1, -0.05) is 25.5 Å². The lowest BCUT2D eigenvalue weighted by Crippen LogP contribution is -2.13. The Morgan fingerprint density at radius 1 is 1.33 bits per heavy atom. The molecule has 2 N–H and O–H groups in total. The molecule has 116 valence electrons. The fourth-order valence-electron chi connectivity index (χ4n) is 1.77. The van der Waals surface area contributed by atoms with E-state index in [9.17, 15) is 9.59 Å². The van der Waals surface area contributed by atoms with Gasteiger partial charge in [-0.25, -0.2) is 0 Å². The molecule has 0 aliphatic heterocycles. The lowest BCUT2D eigenvalue weighted by molar-refractivity contribution is -0.138. The van der Waals surface area contributed by atoms with Crippen LogP contribution in [0.15, 0.2) is 24.3 Å². The first kappa shape index (κ1) is 17.6. The Hall–Kier alpha value is -1.49. The predicted molar refractivity (Wildman–Crippen MR) is 88.0 cm³/mol. The predicted octanol–water partition coefficient (Wildman–Crippen LogP) is 3.74. The maximum Gasteiger partial charge on any atom is 0.310 e. The monoisotopic (exact) mass is 309 g/mol. The number of anilines is 1. The first-order valence-corrected chi connectivity index (χ1v) is 8.40. The third-order valence-electron chi connectivity index (χ3n) is 3.16. The number of carboxylic acid groups (broad SMARTS) is 1. The topological polar surface area (TPSA) is 66.4 Å². The number of thioether (sulfide) groups is 1. The van der Waals surface area contributed by atoms with E-state index < -0.39 is 11.9 Å². The number of unbranched alkanes of at least 4 members (excludes halogenated alkanes) is 1. The first-order chi connectivity index (χ1) is 10.0.